The Morgan fingerprint density at radius 3 is 1.00 bits per heavy atom. The minimum absolute atomic E-state index is 0.373. The zero-order chi connectivity index (χ0) is 21.4. The molecule has 0 aliphatic carbocycles. The summed E-state index contributed by atoms with van der Waals surface area (Å²) in [7, 11) is 0. The molecule has 10 heteroatoms. The third-order valence-corrected chi connectivity index (χ3v) is 5.43. The first kappa shape index (κ1) is 23.6. The lowest BCUT2D eigenvalue weighted by molar-refractivity contribution is -0.365. The van der Waals surface area contributed by atoms with E-state index in [2.05, 4.69) is 0 Å². The van der Waals surface area contributed by atoms with Crippen molar-refractivity contribution < 1.29 is 35.1 Å². The predicted molar refractivity (Wildman–Crippen MR) is 106 cm³/mol. The van der Waals surface area contributed by atoms with Crippen molar-refractivity contribution in [3.05, 3.63) is 66.8 Å². The molecule has 2 aromatic rings. The number of hydrogen-bond donors (Lipinski definition) is 0. The lowest BCUT2D eigenvalue weighted by Crippen LogP contribution is -2.63. The maximum Gasteiger partial charge on any atom is 0.378 e. The second-order valence-corrected chi connectivity index (χ2v) is 8.66. The van der Waals surface area contributed by atoms with E-state index in [0.717, 1.165) is 24.3 Å². The number of halogens is 10. The quantitative estimate of drug-likeness (QED) is 0.223. The van der Waals surface area contributed by atoms with Crippen LogP contribution in [0.5, 0.6) is 0 Å². The summed E-state index contributed by atoms with van der Waals surface area (Å²) in [6.07, 6.45) is -3.60. The summed E-state index contributed by atoms with van der Waals surface area (Å²) in [4.78, 5) is 0. The van der Waals surface area contributed by atoms with Crippen molar-refractivity contribution in [1.29, 1.82) is 0 Å². The van der Waals surface area contributed by atoms with E-state index in [1.165, 1.54) is 24.3 Å². The molecule has 28 heavy (non-hydrogen) atoms. The Labute approximate surface area is 183 Å². The van der Waals surface area contributed by atoms with Gasteiger partial charge in [0.2, 0.25) is 0 Å². The van der Waals surface area contributed by atoms with Crippen molar-refractivity contribution in [2.24, 2.45) is 0 Å². The third kappa shape index (κ3) is 4.73. The molecule has 154 valence electrons. The Balaban J connectivity index is 2.30. The molecule has 0 fully saturated rings. The number of hydrogen-bond acceptors (Lipinski definition) is 0. The van der Waals surface area contributed by atoms with Crippen LogP contribution in [0.2, 0.25) is 0 Å². The number of rotatable bonds is 7. The molecule has 2 aromatic carbocycles. The van der Waals surface area contributed by atoms with Gasteiger partial charge in [-0.05, 0) is 80.6 Å². The van der Waals surface area contributed by atoms with Gasteiger partial charge in [0.15, 0.2) is 0 Å². The predicted octanol–water partition coefficient (Wildman–Crippen LogP) is 7.22. The maximum absolute atomic E-state index is 14.0. The summed E-state index contributed by atoms with van der Waals surface area (Å²) in [6.45, 7) is 0. The molecule has 0 N–H and O–H groups in total. The van der Waals surface area contributed by atoms with Gasteiger partial charge in [0.05, 0.1) is 0 Å². The van der Waals surface area contributed by atoms with Crippen molar-refractivity contribution in [3.63, 3.8) is 0 Å². The molecular weight excluding hydrogens is 622 g/mol. The van der Waals surface area contributed by atoms with Crippen LogP contribution in [0.3, 0.4) is 0 Å². The van der Waals surface area contributed by atoms with Crippen molar-refractivity contribution in [2.75, 3.05) is 0 Å². The minimum Gasteiger partial charge on any atom is -0.199 e. The average molecular weight is 634 g/mol. The number of alkyl halides is 8. The van der Waals surface area contributed by atoms with E-state index in [-0.39, 0.29) is 11.1 Å². The summed E-state index contributed by atoms with van der Waals surface area (Å²) in [5, 5.41) is 0. The highest BCUT2D eigenvalue weighted by Gasteiger charge is 2.79. The fourth-order valence-corrected chi connectivity index (χ4v) is 3.12. The van der Waals surface area contributed by atoms with Gasteiger partial charge in [-0.1, -0.05) is 24.3 Å². The van der Waals surface area contributed by atoms with Crippen LogP contribution in [-0.2, 0) is 12.8 Å². The van der Waals surface area contributed by atoms with Crippen LogP contribution >= 0.6 is 45.2 Å². The molecule has 2 rings (SSSR count). The van der Waals surface area contributed by atoms with Gasteiger partial charge >= 0.3 is 23.7 Å². The Hall–Kier alpha value is -0.660. The van der Waals surface area contributed by atoms with Gasteiger partial charge < -0.3 is 0 Å². The Bertz CT molecular complexity index is 732. The summed E-state index contributed by atoms with van der Waals surface area (Å²) in [5.74, 6) is -23.3. The topological polar surface area (TPSA) is 0 Å². The average Bonchev–Trinajstić information content (AvgIpc) is 2.58. The molecule has 0 aromatic heterocycles. The van der Waals surface area contributed by atoms with Gasteiger partial charge in [-0.25, -0.2) is 0 Å². The van der Waals surface area contributed by atoms with Crippen LogP contribution in [0.4, 0.5) is 35.1 Å². The summed E-state index contributed by atoms with van der Waals surface area (Å²) < 4.78 is 113. The Morgan fingerprint density at radius 1 is 0.500 bits per heavy atom. The first-order valence-corrected chi connectivity index (χ1v) is 9.85. The molecule has 0 spiro atoms. The summed E-state index contributed by atoms with van der Waals surface area (Å²) in [6, 6.07) is 9.45. The summed E-state index contributed by atoms with van der Waals surface area (Å²) in [5.41, 5.74) is -0.747. The summed E-state index contributed by atoms with van der Waals surface area (Å²) >= 11 is 3.66. The molecule has 0 amide bonds. The van der Waals surface area contributed by atoms with E-state index in [4.69, 9.17) is 0 Å². The Morgan fingerprint density at radius 2 is 0.750 bits per heavy atom. The van der Waals surface area contributed by atoms with E-state index in [9.17, 15) is 35.1 Å². The fraction of sp³-hybridized carbons (Fsp3) is 0.333. The molecular formula is C18H12F8I2. The standard InChI is InChI=1S/C18H12F8I2/c19-15(20,9-11-1-5-13(27)6-2-11)17(23,24)18(25,26)16(21,22)10-12-3-7-14(28)8-4-12/h1-8H,9-10H2. The van der Waals surface area contributed by atoms with Crippen LogP contribution < -0.4 is 0 Å². The third-order valence-electron chi connectivity index (χ3n) is 3.99. The highest BCUT2D eigenvalue weighted by atomic mass is 127. The maximum atomic E-state index is 14.0. The van der Waals surface area contributed by atoms with Crippen LogP contribution in [0, 0.1) is 7.14 Å². The van der Waals surface area contributed by atoms with E-state index in [1.54, 1.807) is 0 Å². The van der Waals surface area contributed by atoms with E-state index < -0.39 is 36.5 Å². The highest BCUT2D eigenvalue weighted by molar-refractivity contribution is 14.1. The molecule has 0 unspecified atom stereocenters. The van der Waals surface area contributed by atoms with Crippen LogP contribution in [0.25, 0.3) is 0 Å². The number of benzene rings is 2. The fourth-order valence-electron chi connectivity index (χ4n) is 2.40. The lowest BCUT2D eigenvalue weighted by Gasteiger charge is -2.37. The SMILES string of the molecule is FC(F)(Cc1ccc(I)cc1)C(F)(F)C(F)(F)C(F)(F)Cc1ccc(I)cc1. The van der Waals surface area contributed by atoms with Gasteiger partial charge in [0.1, 0.15) is 0 Å². The lowest BCUT2D eigenvalue weighted by atomic mass is 9.91. The first-order chi connectivity index (χ1) is 12.7. The van der Waals surface area contributed by atoms with Crippen LogP contribution in [0.15, 0.2) is 48.5 Å². The molecule has 0 nitrogen and oxygen atoms in total. The molecule has 0 saturated heterocycles. The van der Waals surface area contributed by atoms with Crippen molar-refractivity contribution in [3.8, 4) is 0 Å². The molecule has 0 heterocycles. The molecule has 0 bridgehead atoms. The van der Waals surface area contributed by atoms with Crippen LogP contribution in [-0.4, -0.2) is 23.7 Å². The van der Waals surface area contributed by atoms with Gasteiger partial charge in [-0.3, -0.25) is 0 Å². The van der Waals surface area contributed by atoms with Crippen LogP contribution in [0.1, 0.15) is 11.1 Å². The highest BCUT2D eigenvalue weighted by Crippen LogP contribution is 2.54. The zero-order valence-corrected chi connectivity index (χ0v) is 18.1. The van der Waals surface area contributed by atoms with Crippen molar-refractivity contribution >= 4 is 45.2 Å². The van der Waals surface area contributed by atoms with E-state index in [1.807, 2.05) is 45.2 Å². The van der Waals surface area contributed by atoms with Crippen molar-refractivity contribution in [2.45, 2.75) is 36.5 Å². The molecule has 0 saturated carbocycles. The molecule has 0 radical (unpaired) electrons. The van der Waals surface area contributed by atoms with E-state index >= 15 is 0 Å². The second kappa shape index (κ2) is 8.23. The minimum atomic E-state index is -6.27. The normalized spacial score (nSPS) is 13.6. The molecule has 0 aliphatic rings. The van der Waals surface area contributed by atoms with Gasteiger partial charge in [-0.2, -0.15) is 35.1 Å². The molecule has 0 aliphatic heterocycles. The largest absolute Gasteiger partial charge is 0.378 e. The smallest absolute Gasteiger partial charge is 0.199 e. The van der Waals surface area contributed by atoms with Gasteiger partial charge in [0, 0.05) is 20.0 Å². The molecule has 0 atom stereocenters. The Kier molecular flexibility index (Phi) is 6.94. The van der Waals surface area contributed by atoms with Gasteiger partial charge in [0.25, 0.3) is 0 Å². The second-order valence-electron chi connectivity index (χ2n) is 6.16. The van der Waals surface area contributed by atoms with Gasteiger partial charge in [-0.15, -0.1) is 0 Å². The zero-order valence-electron chi connectivity index (χ0n) is 13.8. The van der Waals surface area contributed by atoms with Crippen molar-refractivity contribution in [1.82, 2.24) is 0 Å². The van der Waals surface area contributed by atoms with E-state index in [0.29, 0.717) is 7.14 Å². The monoisotopic (exact) mass is 634 g/mol. The first-order valence-electron chi connectivity index (χ1n) is 7.70.